The minimum Gasteiger partial charge on any atom is -0.497 e. The zero-order chi connectivity index (χ0) is 21.3. The Morgan fingerprint density at radius 3 is 2.80 bits per heavy atom. The van der Waals surface area contributed by atoms with E-state index < -0.39 is 6.10 Å². The fourth-order valence-corrected chi connectivity index (χ4v) is 4.33. The molecule has 1 N–H and O–H groups in total. The summed E-state index contributed by atoms with van der Waals surface area (Å²) in [5.41, 5.74) is 2.57. The maximum atomic E-state index is 12.8. The standard InChI is InChI=1S/C23H27N3O4/c1-25(2)22(28)26-14-23(18-9-4-5-10-19(18)26)12-20(30-15-23)21(27)24-13-16-7-6-8-17(11-16)29-3/h4-11,20H,12-15H2,1-3H3,(H,24,27)/t20-,23-/m1/s1. The molecular weight excluding hydrogens is 382 g/mol. The number of nitrogens with zero attached hydrogens (tertiary/aromatic N) is 2. The van der Waals surface area contributed by atoms with Crippen LogP contribution in [0.3, 0.4) is 0 Å². The van der Waals surface area contributed by atoms with E-state index in [4.69, 9.17) is 9.47 Å². The lowest BCUT2D eigenvalue weighted by atomic mass is 9.80. The quantitative estimate of drug-likeness (QED) is 0.843. The van der Waals surface area contributed by atoms with E-state index in [1.54, 1.807) is 31.0 Å². The van der Waals surface area contributed by atoms with Crippen LogP contribution in [0, 0.1) is 0 Å². The Morgan fingerprint density at radius 2 is 2.03 bits per heavy atom. The zero-order valence-electron chi connectivity index (χ0n) is 17.6. The van der Waals surface area contributed by atoms with Crippen molar-refractivity contribution in [3.05, 3.63) is 59.7 Å². The first kappa shape index (κ1) is 20.2. The number of methoxy groups -OCH3 is 1. The van der Waals surface area contributed by atoms with Gasteiger partial charge in [0.1, 0.15) is 11.9 Å². The second-order valence-corrected chi connectivity index (χ2v) is 8.13. The summed E-state index contributed by atoms with van der Waals surface area (Å²) in [6.45, 7) is 1.34. The van der Waals surface area contributed by atoms with E-state index in [1.807, 2.05) is 48.5 Å². The Morgan fingerprint density at radius 1 is 1.23 bits per heavy atom. The third kappa shape index (κ3) is 3.61. The molecule has 3 amide bonds. The van der Waals surface area contributed by atoms with Crippen LogP contribution in [0.15, 0.2) is 48.5 Å². The van der Waals surface area contributed by atoms with E-state index in [0.717, 1.165) is 22.6 Å². The molecule has 1 saturated heterocycles. The van der Waals surface area contributed by atoms with Gasteiger partial charge in [-0.1, -0.05) is 30.3 Å². The van der Waals surface area contributed by atoms with Gasteiger partial charge in [-0.15, -0.1) is 0 Å². The minimum absolute atomic E-state index is 0.0646. The third-order valence-electron chi connectivity index (χ3n) is 5.87. The molecule has 7 nitrogen and oxygen atoms in total. The number of anilines is 1. The van der Waals surface area contributed by atoms with Gasteiger partial charge in [0.25, 0.3) is 0 Å². The highest BCUT2D eigenvalue weighted by molar-refractivity contribution is 5.95. The Hall–Kier alpha value is -3.06. The number of fused-ring (bicyclic) bond motifs is 2. The fourth-order valence-electron chi connectivity index (χ4n) is 4.33. The van der Waals surface area contributed by atoms with Crippen molar-refractivity contribution in [2.45, 2.75) is 24.5 Å². The van der Waals surface area contributed by atoms with Crippen molar-refractivity contribution in [2.75, 3.05) is 39.3 Å². The molecule has 2 aromatic rings. The first-order chi connectivity index (χ1) is 14.4. The van der Waals surface area contributed by atoms with Gasteiger partial charge in [-0.25, -0.2) is 4.79 Å². The molecule has 1 spiro atoms. The summed E-state index contributed by atoms with van der Waals surface area (Å²) >= 11 is 0. The van der Waals surface area contributed by atoms with Crippen molar-refractivity contribution in [3.63, 3.8) is 0 Å². The van der Waals surface area contributed by atoms with Gasteiger partial charge in [0.05, 0.1) is 13.7 Å². The molecule has 0 aliphatic carbocycles. The number of amides is 3. The van der Waals surface area contributed by atoms with E-state index in [2.05, 4.69) is 5.32 Å². The Bertz CT molecular complexity index is 961. The third-order valence-corrected chi connectivity index (χ3v) is 5.87. The summed E-state index contributed by atoms with van der Waals surface area (Å²) in [5, 5.41) is 2.97. The van der Waals surface area contributed by atoms with Crippen molar-refractivity contribution in [2.24, 2.45) is 0 Å². The van der Waals surface area contributed by atoms with Crippen molar-refractivity contribution in [3.8, 4) is 5.75 Å². The summed E-state index contributed by atoms with van der Waals surface area (Å²) in [5.74, 6) is 0.621. The molecule has 1 fully saturated rings. The first-order valence-electron chi connectivity index (χ1n) is 10.0. The van der Waals surface area contributed by atoms with Crippen molar-refractivity contribution in [1.29, 1.82) is 0 Å². The van der Waals surface area contributed by atoms with Gasteiger partial charge in [0.15, 0.2) is 0 Å². The largest absolute Gasteiger partial charge is 0.497 e. The molecule has 0 radical (unpaired) electrons. The van der Waals surface area contributed by atoms with E-state index >= 15 is 0 Å². The highest BCUT2D eigenvalue weighted by atomic mass is 16.5. The lowest BCUT2D eigenvalue weighted by Gasteiger charge is -2.25. The molecular formula is C23H27N3O4. The Labute approximate surface area is 176 Å². The molecule has 2 aromatic carbocycles. The SMILES string of the molecule is COc1cccc(CNC(=O)[C@H]2C[C@]3(CO2)CN(C(=O)N(C)C)c2ccccc23)c1. The number of nitrogens with one attached hydrogen (secondary N) is 1. The number of ether oxygens (including phenoxy) is 2. The van der Waals surface area contributed by atoms with Crippen LogP contribution in [0.4, 0.5) is 10.5 Å². The number of para-hydroxylation sites is 1. The van der Waals surface area contributed by atoms with Crippen molar-refractivity contribution < 1.29 is 19.1 Å². The first-order valence-corrected chi connectivity index (χ1v) is 10.0. The van der Waals surface area contributed by atoms with Crippen LogP contribution in [0.2, 0.25) is 0 Å². The zero-order valence-corrected chi connectivity index (χ0v) is 17.6. The average Bonchev–Trinajstić information content (AvgIpc) is 3.34. The monoisotopic (exact) mass is 409 g/mol. The topological polar surface area (TPSA) is 71.1 Å². The van der Waals surface area contributed by atoms with Crippen LogP contribution in [0.25, 0.3) is 0 Å². The second kappa shape index (κ2) is 7.99. The highest BCUT2D eigenvalue weighted by Crippen LogP contribution is 2.47. The molecule has 7 heteroatoms. The lowest BCUT2D eigenvalue weighted by Crippen LogP contribution is -2.43. The lowest BCUT2D eigenvalue weighted by molar-refractivity contribution is -0.130. The predicted octanol–water partition coefficient (Wildman–Crippen LogP) is 2.54. The van der Waals surface area contributed by atoms with Crippen LogP contribution in [-0.2, 0) is 21.5 Å². The summed E-state index contributed by atoms with van der Waals surface area (Å²) in [6.07, 6.45) is 0.00334. The number of hydrogen-bond donors (Lipinski definition) is 1. The van der Waals surface area contributed by atoms with E-state index in [1.165, 1.54) is 0 Å². The summed E-state index contributed by atoms with van der Waals surface area (Å²) in [7, 11) is 5.11. The number of carbonyl (C=O) groups is 2. The number of rotatable bonds is 4. The highest BCUT2D eigenvalue weighted by Gasteiger charge is 2.51. The van der Waals surface area contributed by atoms with Gasteiger partial charge < -0.3 is 19.7 Å². The van der Waals surface area contributed by atoms with Crippen LogP contribution in [0.5, 0.6) is 5.75 Å². The smallest absolute Gasteiger partial charge is 0.323 e. The van der Waals surface area contributed by atoms with Gasteiger partial charge in [-0.05, 0) is 35.7 Å². The Balaban J connectivity index is 1.46. The summed E-state index contributed by atoms with van der Waals surface area (Å²) in [4.78, 5) is 28.8. The van der Waals surface area contributed by atoms with Gasteiger partial charge in [0, 0.05) is 38.3 Å². The van der Waals surface area contributed by atoms with Crippen molar-refractivity contribution in [1.82, 2.24) is 10.2 Å². The molecule has 0 saturated carbocycles. The van der Waals surface area contributed by atoms with Crippen LogP contribution < -0.4 is 15.0 Å². The van der Waals surface area contributed by atoms with E-state index in [0.29, 0.717) is 26.1 Å². The molecule has 4 rings (SSSR count). The van der Waals surface area contributed by atoms with Gasteiger partial charge in [-0.3, -0.25) is 9.69 Å². The maximum absolute atomic E-state index is 12.8. The van der Waals surface area contributed by atoms with Crippen LogP contribution >= 0.6 is 0 Å². The predicted molar refractivity (Wildman–Crippen MR) is 114 cm³/mol. The number of urea groups is 1. The fraction of sp³-hybridized carbons (Fsp3) is 0.391. The molecule has 2 heterocycles. The minimum atomic E-state index is -0.543. The van der Waals surface area contributed by atoms with Gasteiger partial charge in [0.2, 0.25) is 5.91 Å². The Kier molecular flexibility index (Phi) is 5.39. The number of hydrogen-bond acceptors (Lipinski definition) is 4. The number of carbonyl (C=O) groups excluding carboxylic acids is 2. The van der Waals surface area contributed by atoms with E-state index in [9.17, 15) is 9.59 Å². The van der Waals surface area contributed by atoms with Gasteiger partial charge in [-0.2, -0.15) is 0 Å². The normalized spacial score (nSPS) is 22.1. The molecule has 2 atom stereocenters. The molecule has 0 unspecified atom stereocenters. The molecule has 2 aliphatic rings. The molecule has 0 aromatic heterocycles. The van der Waals surface area contributed by atoms with Crippen LogP contribution in [0.1, 0.15) is 17.5 Å². The molecule has 30 heavy (non-hydrogen) atoms. The van der Waals surface area contributed by atoms with Crippen LogP contribution in [-0.4, -0.2) is 57.3 Å². The van der Waals surface area contributed by atoms with Gasteiger partial charge >= 0.3 is 6.03 Å². The maximum Gasteiger partial charge on any atom is 0.323 e. The summed E-state index contributed by atoms with van der Waals surface area (Å²) < 4.78 is 11.2. The molecule has 158 valence electrons. The molecule has 0 bridgehead atoms. The molecule has 2 aliphatic heterocycles. The number of benzene rings is 2. The average molecular weight is 409 g/mol. The van der Waals surface area contributed by atoms with Crippen molar-refractivity contribution >= 4 is 17.6 Å². The second-order valence-electron chi connectivity index (χ2n) is 8.13. The van der Waals surface area contributed by atoms with E-state index in [-0.39, 0.29) is 17.4 Å². The summed E-state index contributed by atoms with van der Waals surface area (Å²) in [6, 6.07) is 15.4.